The number of halogens is 1. The first-order valence-corrected chi connectivity index (χ1v) is 9.82. The molecule has 1 aliphatic heterocycles. The van der Waals surface area contributed by atoms with Crippen molar-refractivity contribution in [3.63, 3.8) is 0 Å². The molecule has 0 radical (unpaired) electrons. The van der Waals surface area contributed by atoms with Crippen LogP contribution in [0.3, 0.4) is 0 Å². The van der Waals surface area contributed by atoms with Crippen LogP contribution < -0.4 is 24.8 Å². The molecule has 0 atom stereocenters. The molecule has 0 unspecified atom stereocenters. The molecule has 2 N–H and O–H groups in total. The number of nitrogens with one attached hydrogen (secondary N) is 2. The van der Waals surface area contributed by atoms with E-state index in [1.807, 2.05) is 36.4 Å². The third kappa shape index (κ3) is 7.56. The van der Waals surface area contributed by atoms with Gasteiger partial charge >= 0.3 is 0 Å². The largest absolute Gasteiger partial charge is 0.497 e. The minimum Gasteiger partial charge on any atom is -0.497 e. The van der Waals surface area contributed by atoms with Crippen LogP contribution in [0, 0.1) is 0 Å². The molecular formula is C22H30IN3O4. The highest BCUT2D eigenvalue weighted by molar-refractivity contribution is 14.0. The van der Waals surface area contributed by atoms with Gasteiger partial charge in [0.2, 0.25) is 6.79 Å². The Kier molecular flexibility index (Phi) is 10.6. The van der Waals surface area contributed by atoms with E-state index < -0.39 is 0 Å². The highest BCUT2D eigenvalue weighted by atomic mass is 127. The van der Waals surface area contributed by atoms with E-state index in [9.17, 15) is 0 Å². The molecule has 2 aromatic rings. The van der Waals surface area contributed by atoms with Crippen LogP contribution in [0.5, 0.6) is 17.2 Å². The molecule has 0 fully saturated rings. The molecule has 164 valence electrons. The molecule has 7 nitrogen and oxygen atoms in total. The maximum absolute atomic E-state index is 5.72. The minimum absolute atomic E-state index is 0. The van der Waals surface area contributed by atoms with Crippen molar-refractivity contribution in [2.75, 3.05) is 40.6 Å². The summed E-state index contributed by atoms with van der Waals surface area (Å²) in [6.07, 6.45) is 1.78. The average Bonchev–Trinajstić information content (AvgIpc) is 3.23. The molecule has 1 heterocycles. The van der Waals surface area contributed by atoms with Crippen LogP contribution in [0.4, 0.5) is 0 Å². The molecule has 0 saturated carbocycles. The highest BCUT2D eigenvalue weighted by Gasteiger charge is 2.12. The van der Waals surface area contributed by atoms with Crippen molar-refractivity contribution < 1.29 is 18.9 Å². The van der Waals surface area contributed by atoms with Gasteiger partial charge in [-0.05, 0) is 48.2 Å². The summed E-state index contributed by atoms with van der Waals surface area (Å²) in [5.74, 6) is 3.28. The number of rotatable bonds is 10. The van der Waals surface area contributed by atoms with E-state index in [1.165, 1.54) is 5.56 Å². The zero-order valence-electron chi connectivity index (χ0n) is 17.5. The Bertz CT molecular complexity index is 799. The van der Waals surface area contributed by atoms with Crippen LogP contribution >= 0.6 is 24.0 Å². The summed E-state index contributed by atoms with van der Waals surface area (Å²) in [6.45, 7) is 3.18. The van der Waals surface area contributed by atoms with Crippen LogP contribution in [-0.2, 0) is 17.8 Å². The molecule has 0 saturated heterocycles. The lowest BCUT2D eigenvalue weighted by Gasteiger charge is -2.12. The Hall–Kier alpha value is -2.20. The van der Waals surface area contributed by atoms with Crippen LogP contribution in [0.25, 0.3) is 0 Å². The van der Waals surface area contributed by atoms with Gasteiger partial charge in [0.25, 0.3) is 0 Å². The number of methoxy groups -OCH3 is 1. The normalized spacial score (nSPS) is 12.3. The monoisotopic (exact) mass is 527 g/mol. The lowest BCUT2D eigenvalue weighted by Crippen LogP contribution is -2.39. The maximum Gasteiger partial charge on any atom is 0.231 e. The van der Waals surface area contributed by atoms with Gasteiger partial charge < -0.3 is 29.6 Å². The van der Waals surface area contributed by atoms with E-state index >= 15 is 0 Å². The molecule has 0 spiro atoms. The van der Waals surface area contributed by atoms with E-state index in [0.29, 0.717) is 20.0 Å². The SMILES string of the molecule is CN=C(NCCCOCc1ccc(OC)cc1)NCCc1ccc2c(c1)OCO2.I. The first kappa shape index (κ1) is 24.1. The molecular weight excluding hydrogens is 497 g/mol. The lowest BCUT2D eigenvalue weighted by molar-refractivity contribution is 0.119. The minimum atomic E-state index is 0. The third-order valence-corrected chi connectivity index (χ3v) is 4.55. The number of hydrogen-bond donors (Lipinski definition) is 2. The molecule has 0 amide bonds. The zero-order chi connectivity index (χ0) is 20.3. The van der Waals surface area contributed by atoms with E-state index in [2.05, 4.69) is 21.7 Å². The number of ether oxygens (including phenoxy) is 4. The Balaban J connectivity index is 0.00000320. The first-order chi connectivity index (χ1) is 14.3. The summed E-state index contributed by atoms with van der Waals surface area (Å²) in [7, 11) is 3.44. The van der Waals surface area contributed by atoms with Gasteiger partial charge in [0.05, 0.1) is 13.7 Å². The van der Waals surface area contributed by atoms with Gasteiger partial charge in [0.15, 0.2) is 17.5 Å². The van der Waals surface area contributed by atoms with Crippen LogP contribution in [-0.4, -0.2) is 46.6 Å². The van der Waals surface area contributed by atoms with Gasteiger partial charge in [0, 0.05) is 26.7 Å². The summed E-state index contributed by atoms with van der Waals surface area (Å²) < 4.78 is 21.6. The zero-order valence-corrected chi connectivity index (χ0v) is 19.8. The fraction of sp³-hybridized carbons (Fsp3) is 0.409. The van der Waals surface area contributed by atoms with Gasteiger partial charge in [-0.1, -0.05) is 18.2 Å². The molecule has 0 aliphatic carbocycles. The lowest BCUT2D eigenvalue weighted by atomic mass is 10.1. The average molecular weight is 527 g/mol. The van der Waals surface area contributed by atoms with Gasteiger partial charge in [-0.3, -0.25) is 4.99 Å². The predicted octanol–water partition coefficient (Wildman–Crippen LogP) is 3.36. The van der Waals surface area contributed by atoms with Crippen LogP contribution in [0.15, 0.2) is 47.5 Å². The topological polar surface area (TPSA) is 73.3 Å². The van der Waals surface area contributed by atoms with Gasteiger partial charge in [-0.15, -0.1) is 24.0 Å². The van der Waals surface area contributed by atoms with Gasteiger partial charge in [-0.2, -0.15) is 0 Å². The van der Waals surface area contributed by atoms with Gasteiger partial charge in [-0.25, -0.2) is 0 Å². The third-order valence-electron chi connectivity index (χ3n) is 4.55. The van der Waals surface area contributed by atoms with Crippen molar-refractivity contribution in [3.8, 4) is 17.2 Å². The van der Waals surface area contributed by atoms with Crippen molar-refractivity contribution in [1.29, 1.82) is 0 Å². The molecule has 0 aromatic heterocycles. The van der Waals surface area contributed by atoms with Crippen LogP contribution in [0.2, 0.25) is 0 Å². The first-order valence-electron chi connectivity index (χ1n) is 9.82. The molecule has 8 heteroatoms. The maximum atomic E-state index is 5.72. The summed E-state index contributed by atoms with van der Waals surface area (Å²) in [5.41, 5.74) is 2.34. The van der Waals surface area contributed by atoms with Crippen molar-refractivity contribution in [3.05, 3.63) is 53.6 Å². The predicted molar refractivity (Wildman–Crippen MR) is 128 cm³/mol. The quantitative estimate of drug-likeness (QED) is 0.214. The molecule has 30 heavy (non-hydrogen) atoms. The van der Waals surface area contributed by atoms with Crippen molar-refractivity contribution in [2.24, 2.45) is 4.99 Å². The molecule has 3 rings (SSSR count). The highest BCUT2D eigenvalue weighted by Crippen LogP contribution is 2.32. The summed E-state index contributed by atoms with van der Waals surface area (Å²) >= 11 is 0. The van der Waals surface area contributed by atoms with E-state index in [4.69, 9.17) is 18.9 Å². The van der Waals surface area contributed by atoms with Crippen molar-refractivity contribution >= 4 is 29.9 Å². The summed E-state index contributed by atoms with van der Waals surface area (Å²) in [5, 5.41) is 6.64. The van der Waals surface area contributed by atoms with Gasteiger partial charge in [0.1, 0.15) is 5.75 Å². The number of fused-ring (bicyclic) bond motifs is 1. The number of hydrogen-bond acceptors (Lipinski definition) is 5. The van der Waals surface area contributed by atoms with Crippen molar-refractivity contribution in [2.45, 2.75) is 19.4 Å². The number of guanidine groups is 1. The van der Waals surface area contributed by atoms with Crippen LogP contribution in [0.1, 0.15) is 17.5 Å². The smallest absolute Gasteiger partial charge is 0.231 e. The van der Waals surface area contributed by atoms with E-state index in [1.54, 1.807) is 14.2 Å². The Morgan fingerprint density at radius 3 is 2.50 bits per heavy atom. The number of aliphatic imine (C=N–C) groups is 1. The number of benzene rings is 2. The standard InChI is InChI=1S/C22H29N3O4.HI/c1-23-22(25-12-10-17-6-9-20-21(14-17)29-16-28-20)24-11-3-13-27-15-18-4-7-19(26-2)8-5-18;/h4-9,14H,3,10-13,15-16H2,1-2H3,(H2,23,24,25);1H. The second-order valence-corrected chi connectivity index (χ2v) is 6.62. The Morgan fingerprint density at radius 2 is 1.73 bits per heavy atom. The van der Waals surface area contributed by atoms with E-state index in [-0.39, 0.29) is 24.0 Å². The fourth-order valence-corrected chi connectivity index (χ4v) is 2.94. The summed E-state index contributed by atoms with van der Waals surface area (Å²) in [4.78, 5) is 4.26. The Morgan fingerprint density at radius 1 is 1.00 bits per heavy atom. The summed E-state index contributed by atoms with van der Waals surface area (Å²) in [6, 6.07) is 14.0. The second kappa shape index (κ2) is 13.2. The number of nitrogens with zero attached hydrogens (tertiary/aromatic N) is 1. The van der Waals surface area contributed by atoms with E-state index in [0.717, 1.165) is 54.7 Å². The molecule has 0 bridgehead atoms. The van der Waals surface area contributed by atoms with Crippen molar-refractivity contribution in [1.82, 2.24) is 10.6 Å². The Labute approximate surface area is 195 Å². The molecule has 2 aromatic carbocycles. The molecule has 1 aliphatic rings. The fourth-order valence-electron chi connectivity index (χ4n) is 2.94. The second-order valence-electron chi connectivity index (χ2n) is 6.62.